The molecule has 0 aliphatic carbocycles. The molecule has 5 nitrogen and oxygen atoms in total. The summed E-state index contributed by atoms with van der Waals surface area (Å²) in [5.74, 6) is -0.467. The Morgan fingerprint density at radius 3 is 2.42 bits per heavy atom. The first-order chi connectivity index (χ1) is 14.7. The predicted molar refractivity (Wildman–Crippen MR) is 111 cm³/mol. The molecule has 0 aliphatic heterocycles. The molecule has 0 saturated carbocycles. The summed E-state index contributed by atoms with van der Waals surface area (Å²) in [4.78, 5) is 12.8. The minimum absolute atomic E-state index is 0.0853. The number of aromatic nitrogens is 3. The molecule has 0 amide bonds. The Morgan fingerprint density at radius 1 is 0.968 bits per heavy atom. The van der Waals surface area contributed by atoms with Gasteiger partial charge in [0.2, 0.25) is 0 Å². The van der Waals surface area contributed by atoms with Gasteiger partial charge in [-0.25, -0.2) is 9.18 Å². The summed E-state index contributed by atoms with van der Waals surface area (Å²) < 4.78 is 56.6. The van der Waals surface area contributed by atoms with Gasteiger partial charge in [-0.3, -0.25) is 9.13 Å². The fourth-order valence-electron chi connectivity index (χ4n) is 4.04. The molecule has 0 bridgehead atoms. The van der Waals surface area contributed by atoms with Crippen LogP contribution in [0.3, 0.4) is 0 Å². The second-order valence-electron chi connectivity index (χ2n) is 7.66. The van der Waals surface area contributed by atoms with Crippen LogP contribution in [0, 0.1) is 5.82 Å². The molecule has 164 valence electrons. The molecule has 4 aromatic rings. The third kappa shape index (κ3) is 4.10. The molecule has 0 radical (unpaired) electrons. The lowest BCUT2D eigenvalue weighted by atomic mass is 10.1. The van der Waals surface area contributed by atoms with Crippen molar-refractivity contribution in [2.75, 3.05) is 0 Å². The van der Waals surface area contributed by atoms with Crippen LogP contribution in [-0.4, -0.2) is 19.9 Å². The quantitative estimate of drug-likeness (QED) is 0.461. The highest BCUT2D eigenvalue weighted by molar-refractivity contribution is 5.82. The van der Waals surface area contributed by atoms with Gasteiger partial charge in [-0.2, -0.15) is 13.2 Å². The monoisotopic (exact) mass is 434 g/mol. The SMILES string of the molecule is Cn1c(=O)n(Cc2cc3cc(CN)ccc3n2CCCC(F)(F)F)c2cc(F)ccc21. The lowest BCUT2D eigenvalue weighted by molar-refractivity contribution is -0.135. The van der Waals surface area contributed by atoms with Crippen LogP contribution in [0.2, 0.25) is 0 Å². The van der Waals surface area contributed by atoms with E-state index in [0.717, 1.165) is 16.5 Å². The van der Waals surface area contributed by atoms with Crippen molar-refractivity contribution < 1.29 is 17.6 Å². The first-order valence-corrected chi connectivity index (χ1v) is 9.90. The van der Waals surface area contributed by atoms with E-state index in [4.69, 9.17) is 5.73 Å². The summed E-state index contributed by atoms with van der Waals surface area (Å²) >= 11 is 0. The van der Waals surface area contributed by atoms with Crippen LogP contribution in [0.1, 0.15) is 24.1 Å². The second kappa shape index (κ2) is 7.88. The van der Waals surface area contributed by atoms with Gasteiger partial charge in [0.1, 0.15) is 5.82 Å². The molecule has 0 unspecified atom stereocenters. The maximum absolute atomic E-state index is 13.9. The van der Waals surface area contributed by atoms with Crippen molar-refractivity contribution in [1.29, 1.82) is 0 Å². The van der Waals surface area contributed by atoms with E-state index in [-0.39, 0.29) is 25.2 Å². The summed E-state index contributed by atoms with van der Waals surface area (Å²) in [5, 5.41) is 0.837. The maximum Gasteiger partial charge on any atom is 0.389 e. The number of rotatable bonds is 6. The smallest absolute Gasteiger partial charge is 0.343 e. The first-order valence-electron chi connectivity index (χ1n) is 9.90. The van der Waals surface area contributed by atoms with E-state index in [1.54, 1.807) is 11.6 Å². The summed E-state index contributed by atoms with van der Waals surface area (Å²) in [5.41, 5.74) is 8.75. The summed E-state index contributed by atoms with van der Waals surface area (Å²) in [6, 6.07) is 11.5. The maximum atomic E-state index is 13.9. The zero-order chi connectivity index (χ0) is 22.3. The van der Waals surface area contributed by atoms with Gasteiger partial charge < -0.3 is 10.3 Å². The van der Waals surface area contributed by atoms with Crippen molar-refractivity contribution >= 4 is 21.9 Å². The number of hydrogen-bond donors (Lipinski definition) is 1. The molecule has 31 heavy (non-hydrogen) atoms. The fraction of sp³-hybridized carbons (Fsp3) is 0.318. The number of aryl methyl sites for hydroxylation is 2. The zero-order valence-corrected chi connectivity index (χ0v) is 16.9. The molecule has 0 atom stereocenters. The predicted octanol–water partition coefficient (Wildman–Crippen LogP) is 4.28. The topological polar surface area (TPSA) is 57.9 Å². The molecule has 0 spiro atoms. The average molecular weight is 434 g/mol. The molecule has 0 aliphatic rings. The minimum atomic E-state index is -4.24. The van der Waals surface area contributed by atoms with Gasteiger partial charge in [0, 0.05) is 43.2 Å². The Bertz CT molecular complexity index is 1310. The number of alkyl halides is 3. The standard InChI is InChI=1S/C22H22F4N4O/c1-28-19-6-4-16(23)11-20(19)30(21(28)31)13-17-10-15-9-14(12-27)3-5-18(15)29(17)8-2-7-22(24,25)26/h3-6,9-11H,2,7-8,12-13,27H2,1H3. The van der Waals surface area contributed by atoms with Crippen LogP contribution in [-0.2, 0) is 26.7 Å². The van der Waals surface area contributed by atoms with Crippen LogP contribution in [0.25, 0.3) is 21.9 Å². The van der Waals surface area contributed by atoms with Crippen LogP contribution in [0.15, 0.2) is 47.3 Å². The lowest BCUT2D eigenvalue weighted by Gasteiger charge is -2.13. The largest absolute Gasteiger partial charge is 0.389 e. The first kappa shape index (κ1) is 21.2. The zero-order valence-electron chi connectivity index (χ0n) is 16.9. The van der Waals surface area contributed by atoms with E-state index in [2.05, 4.69) is 0 Å². The lowest BCUT2D eigenvalue weighted by Crippen LogP contribution is -2.23. The van der Waals surface area contributed by atoms with Gasteiger partial charge in [-0.1, -0.05) is 6.07 Å². The van der Waals surface area contributed by atoms with E-state index in [0.29, 0.717) is 23.3 Å². The Morgan fingerprint density at radius 2 is 1.71 bits per heavy atom. The summed E-state index contributed by atoms with van der Waals surface area (Å²) in [6.45, 7) is 0.596. The normalized spacial score (nSPS) is 12.3. The number of hydrogen-bond acceptors (Lipinski definition) is 2. The molecule has 2 aromatic carbocycles. The molecular weight excluding hydrogens is 412 g/mol. The van der Waals surface area contributed by atoms with Crippen molar-refractivity contribution in [3.8, 4) is 0 Å². The number of halogens is 4. The van der Waals surface area contributed by atoms with Gasteiger partial charge in [0.25, 0.3) is 0 Å². The third-order valence-corrected chi connectivity index (χ3v) is 5.56. The number of fused-ring (bicyclic) bond motifs is 2. The summed E-state index contributed by atoms with van der Waals surface area (Å²) in [7, 11) is 1.60. The van der Waals surface area contributed by atoms with E-state index in [9.17, 15) is 22.4 Å². The van der Waals surface area contributed by atoms with Crippen molar-refractivity contribution in [2.24, 2.45) is 12.8 Å². The Kier molecular flexibility index (Phi) is 5.38. The van der Waals surface area contributed by atoms with Crippen molar-refractivity contribution in [2.45, 2.75) is 38.7 Å². The molecule has 9 heteroatoms. The Labute approximate surface area is 175 Å². The average Bonchev–Trinajstić information content (AvgIpc) is 3.16. The highest BCUT2D eigenvalue weighted by atomic mass is 19.4. The fourth-order valence-corrected chi connectivity index (χ4v) is 4.04. The molecule has 2 N–H and O–H groups in total. The van der Waals surface area contributed by atoms with Gasteiger partial charge in [0.15, 0.2) is 0 Å². The van der Waals surface area contributed by atoms with Crippen LogP contribution in [0.4, 0.5) is 17.6 Å². The number of imidazole rings is 1. The van der Waals surface area contributed by atoms with Gasteiger partial charge in [0.05, 0.1) is 17.6 Å². The molecule has 4 rings (SSSR count). The Balaban J connectivity index is 1.80. The molecular formula is C22H22F4N4O. The Hall–Kier alpha value is -3.07. The van der Waals surface area contributed by atoms with Gasteiger partial charge in [-0.05, 0) is 48.4 Å². The van der Waals surface area contributed by atoms with Crippen molar-refractivity contribution in [3.05, 3.63) is 70.0 Å². The minimum Gasteiger partial charge on any atom is -0.343 e. The van der Waals surface area contributed by atoms with Gasteiger partial charge >= 0.3 is 11.9 Å². The van der Waals surface area contributed by atoms with Crippen LogP contribution < -0.4 is 11.4 Å². The van der Waals surface area contributed by atoms with Crippen LogP contribution >= 0.6 is 0 Å². The highest BCUT2D eigenvalue weighted by Crippen LogP contribution is 2.26. The molecule has 0 fully saturated rings. The van der Waals surface area contributed by atoms with Crippen LogP contribution in [0.5, 0.6) is 0 Å². The van der Waals surface area contributed by atoms with Crippen molar-refractivity contribution in [1.82, 2.24) is 13.7 Å². The van der Waals surface area contributed by atoms with Gasteiger partial charge in [-0.15, -0.1) is 0 Å². The third-order valence-electron chi connectivity index (χ3n) is 5.56. The molecule has 2 heterocycles. The molecule has 2 aromatic heterocycles. The van der Waals surface area contributed by atoms with E-state index in [1.807, 2.05) is 24.3 Å². The van der Waals surface area contributed by atoms with E-state index < -0.39 is 18.4 Å². The number of nitrogens with two attached hydrogens (primary N) is 1. The highest BCUT2D eigenvalue weighted by Gasteiger charge is 2.26. The van der Waals surface area contributed by atoms with E-state index >= 15 is 0 Å². The number of benzene rings is 2. The van der Waals surface area contributed by atoms with E-state index in [1.165, 1.54) is 27.3 Å². The van der Waals surface area contributed by atoms with Crippen molar-refractivity contribution in [3.63, 3.8) is 0 Å². The second-order valence-corrected chi connectivity index (χ2v) is 7.66. The summed E-state index contributed by atoms with van der Waals surface area (Å²) in [6.07, 6.45) is -5.22. The number of nitrogens with zero attached hydrogens (tertiary/aromatic N) is 3. The molecule has 0 saturated heterocycles.